The Morgan fingerprint density at radius 3 is 2.27 bits per heavy atom. The first-order valence-corrected chi connectivity index (χ1v) is 7.60. The number of carbonyl (C=O) groups is 2. The van der Waals surface area contributed by atoms with Gasteiger partial charge in [-0.25, -0.2) is 9.78 Å². The molecule has 0 atom stereocenters. The van der Waals surface area contributed by atoms with Crippen LogP contribution in [0, 0.1) is 0 Å². The number of esters is 1. The second-order valence-corrected chi connectivity index (χ2v) is 4.63. The van der Waals surface area contributed by atoms with Crippen molar-refractivity contribution < 1.29 is 19.1 Å². The second kappa shape index (κ2) is 9.51. The molecule has 1 amide bonds. The summed E-state index contributed by atoms with van der Waals surface area (Å²) in [6.07, 6.45) is 0. The molecule has 0 bridgehead atoms. The molecule has 118 valence electrons. The fourth-order valence-electron chi connectivity index (χ4n) is 1.45. The Labute approximate surface area is 132 Å². The van der Waals surface area contributed by atoms with Crippen molar-refractivity contribution in [3.05, 3.63) is 35.2 Å². The van der Waals surface area contributed by atoms with E-state index in [1.54, 1.807) is 18.3 Å². The monoisotopic (exact) mass is 322 g/mol. The second-order valence-electron chi connectivity index (χ2n) is 3.92. The number of nitrogens with zero attached hydrogens (tertiary/aromatic N) is 1. The van der Waals surface area contributed by atoms with Crippen LogP contribution in [-0.4, -0.2) is 30.1 Å². The Morgan fingerprint density at radius 1 is 1.18 bits per heavy atom. The van der Waals surface area contributed by atoms with Crippen LogP contribution < -0.4 is 10.5 Å². The molecule has 1 aromatic carbocycles. The third-order valence-electron chi connectivity index (χ3n) is 2.37. The number of primary amides is 1. The van der Waals surface area contributed by atoms with Gasteiger partial charge in [0.1, 0.15) is 5.75 Å². The van der Waals surface area contributed by atoms with Crippen LogP contribution in [0.5, 0.6) is 5.75 Å². The smallest absolute Gasteiger partial charge is 0.396 e. The summed E-state index contributed by atoms with van der Waals surface area (Å²) in [5.74, 6) is -1.12. The van der Waals surface area contributed by atoms with Gasteiger partial charge in [-0.15, -0.1) is 11.3 Å². The zero-order valence-electron chi connectivity index (χ0n) is 12.4. The Morgan fingerprint density at radius 2 is 1.86 bits per heavy atom. The molecule has 0 saturated carbocycles. The highest BCUT2D eigenvalue weighted by atomic mass is 32.1. The lowest BCUT2D eigenvalue weighted by molar-refractivity contribution is -0.153. The number of hydrogen-bond donors (Lipinski definition) is 1. The Balaban J connectivity index is 0.000000261. The SMILES string of the molecule is CCOC(=O)C(N)=O.CCOc1ccc(-c2cscn2)cc1. The predicted octanol–water partition coefficient (Wildman–Crippen LogP) is 2.24. The molecular formula is C15H18N2O4S. The third kappa shape index (κ3) is 5.92. The van der Waals surface area contributed by atoms with Crippen molar-refractivity contribution in [3.63, 3.8) is 0 Å². The number of thiazole rings is 1. The highest BCUT2D eigenvalue weighted by molar-refractivity contribution is 7.07. The molecule has 1 aromatic heterocycles. The van der Waals surface area contributed by atoms with Crippen molar-refractivity contribution in [2.24, 2.45) is 5.73 Å². The topological polar surface area (TPSA) is 91.5 Å². The van der Waals surface area contributed by atoms with E-state index in [4.69, 9.17) is 4.74 Å². The van der Waals surface area contributed by atoms with Crippen molar-refractivity contribution in [2.45, 2.75) is 13.8 Å². The fourth-order valence-corrected chi connectivity index (χ4v) is 2.01. The molecular weight excluding hydrogens is 304 g/mol. The lowest BCUT2D eigenvalue weighted by atomic mass is 10.2. The van der Waals surface area contributed by atoms with E-state index in [0.717, 1.165) is 17.0 Å². The molecule has 0 unspecified atom stereocenters. The van der Waals surface area contributed by atoms with Gasteiger partial charge < -0.3 is 15.2 Å². The quantitative estimate of drug-likeness (QED) is 0.688. The van der Waals surface area contributed by atoms with Gasteiger partial charge in [-0.2, -0.15) is 0 Å². The summed E-state index contributed by atoms with van der Waals surface area (Å²) in [6.45, 7) is 4.47. The maximum atomic E-state index is 10.0. The van der Waals surface area contributed by atoms with Gasteiger partial charge in [-0.3, -0.25) is 4.79 Å². The minimum Gasteiger partial charge on any atom is -0.494 e. The van der Waals surface area contributed by atoms with E-state index >= 15 is 0 Å². The van der Waals surface area contributed by atoms with Crippen molar-refractivity contribution in [1.82, 2.24) is 4.98 Å². The van der Waals surface area contributed by atoms with Gasteiger partial charge in [-0.05, 0) is 38.1 Å². The number of rotatable bonds is 4. The van der Waals surface area contributed by atoms with E-state index in [2.05, 4.69) is 15.5 Å². The number of hydrogen-bond acceptors (Lipinski definition) is 6. The number of aromatic nitrogens is 1. The standard InChI is InChI=1S/C11H11NOS.C4H7NO3/c1-2-13-10-5-3-9(4-6-10)11-7-14-8-12-11;1-2-8-4(7)3(5)6/h3-8H,2H2,1H3;2H2,1H3,(H2,5,6). The van der Waals surface area contributed by atoms with E-state index < -0.39 is 11.9 Å². The van der Waals surface area contributed by atoms with E-state index in [1.807, 2.05) is 42.1 Å². The molecule has 1 heterocycles. The summed E-state index contributed by atoms with van der Waals surface area (Å²) >= 11 is 1.61. The number of ether oxygens (including phenoxy) is 2. The molecule has 0 spiro atoms. The van der Waals surface area contributed by atoms with Gasteiger partial charge in [0.2, 0.25) is 0 Å². The van der Waals surface area contributed by atoms with Crippen LogP contribution in [0.2, 0.25) is 0 Å². The Hall–Kier alpha value is -2.41. The van der Waals surface area contributed by atoms with Crippen molar-refractivity contribution in [1.29, 1.82) is 0 Å². The van der Waals surface area contributed by atoms with Gasteiger partial charge in [0, 0.05) is 10.9 Å². The highest BCUT2D eigenvalue weighted by Crippen LogP contribution is 2.21. The average Bonchev–Trinajstić information content (AvgIpc) is 3.03. The first kappa shape index (κ1) is 17.6. The summed E-state index contributed by atoms with van der Waals surface area (Å²) in [5, 5.41) is 2.04. The molecule has 0 aliphatic heterocycles. The number of amides is 1. The molecule has 0 radical (unpaired) electrons. The summed E-state index contributed by atoms with van der Waals surface area (Å²) in [6, 6.07) is 8.00. The number of benzene rings is 1. The average molecular weight is 322 g/mol. The molecule has 6 nitrogen and oxygen atoms in total. The molecule has 0 aliphatic rings. The summed E-state index contributed by atoms with van der Waals surface area (Å²) in [5.41, 5.74) is 8.51. The minimum absolute atomic E-state index is 0.182. The lowest BCUT2D eigenvalue weighted by Crippen LogP contribution is -2.25. The molecule has 2 aromatic rings. The van der Waals surface area contributed by atoms with Gasteiger partial charge >= 0.3 is 11.9 Å². The van der Waals surface area contributed by atoms with Crippen LogP contribution in [0.25, 0.3) is 11.3 Å². The molecule has 0 saturated heterocycles. The predicted molar refractivity (Wildman–Crippen MR) is 84.5 cm³/mol. The Kier molecular flexibility index (Phi) is 7.63. The van der Waals surface area contributed by atoms with Gasteiger partial charge in [0.05, 0.1) is 24.4 Å². The number of carbonyl (C=O) groups excluding carboxylic acids is 2. The van der Waals surface area contributed by atoms with Crippen molar-refractivity contribution in [3.8, 4) is 17.0 Å². The largest absolute Gasteiger partial charge is 0.494 e. The molecule has 7 heteroatoms. The van der Waals surface area contributed by atoms with Gasteiger partial charge in [-0.1, -0.05) is 0 Å². The maximum absolute atomic E-state index is 10.0. The van der Waals surface area contributed by atoms with Crippen LogP contribution in [0.1, 0.15) is 13.8 Å². The molecule has 0 fully saturated rings. The summed E-state index contributed by atoms with van der Waals surface area (Å²) in [4.78, 5) is 24.1. The molecule has 2 N–H and O–H groups in total. The van der Waals surface area contributed by atoms with Crippen molar-refractivity contribution >= 4 is 23.2 Å². The van der Waals surface area contributed by atoms with Crippen LogP contribution in [0.3, 0.4) is 0 Å². The van der Waals surface area contributed by atoms with Crippen LogP contribution >= 0.6 is 11.3 Å². The highest BCUT2D eigenvalue weighted by Gasteiger charge is 2.06. The normalized spacial score (nSPS) is 9.36. The first-order valence-electron chi connectivity index (χ1n) is 6.66. The fraction of sp³-hybridized carbons (Fsp3) is 0.267. The summed E-state index contributed by atoms with van der Waals surface area (Å²) in [7, 11) is 0. The van der Waals surface area contributed by atoms with Crippen LogP contribution in [0.15, 0.2) is 35.2 Å². The van der Waals surface area contributed by atoms with Gasteiger partial charge in [0.25, 0.3) is 0 Å². The lowest BCUT2D eigenvalue weighted by Gasteiger charge is -2.02. The van der Waals surface area contributed by atoms with E-state index in [0.29, 0.717) is 6.61 Å². The Bertz CT molecular complexity index is 582. The summed E-state index contributed by atoms with van der Waals surface area (Å²) < 4.78 is 9.55. The van der Waals surface area contributed by atoms with Gasteiger partial charge in [0.15, 0.2) is 0 Å². The maximum Gasteiger partial charge on any atom is 0.396 e. The first-order chi connectivity index (χ1) is 10.6. The van der Waals surface area contributed by atoms with E-state index in [-0.39, 0.29) is 6.61 Å². The van der Waals surface area contributed by atoms with Crippen molar-refractivity contribution in [2.75, 3.05) is 13.2 Å². The zero-order valence-corrected chi connectivity index (χ0v) is 13.3. The number of nitrogens with two attached hydrogens (primary N) is 1. The minimum atomic E-state index is -1.05. The molecule has 2 rings (SSSR count). The van der Waals surface area contributed by atoms with E-state index in [9.17, 15) is 9.59 Å². The van der Waals surface area contributed by atoms with Crippen LogP contribution in [0.4, 0.5) is 0 Å². The molecule has 0 aliphatic carbocycles. The van der Waals surface area contributed by atoms with E-state index in [1.165, 1.54) is 0 Å². The molecule has 22 heavy (non-hydrogen) atoms. The van der Waals surface area contributed by atoms with Crippen LogP contribution in [-0.2, 0) is 14.3 Å². The third-order valence-corrected chi connectivity index (χ3v) is 2.96. The zero-order chi connectivity index (χ0) is 16.4.